The number of nitrogens with one attached hydrogen (secondary N) is 2. The van der Waals surface area contributed by atoms with E-state index in [9.17, 15) is 9.59 Å². The summed E-state index contributed by atoms with van der Waals surface area (Å²) in [5, 5.41) is 10.5. The van der Waals surface area contributed by atoms with Gasteiger partial charge in [0.15, 0.2) is 5.82 Å². The second kappa shape index (κ2) is 8.34. The Morgan fingerprint density at radius 1 is 0.903 bits per heavy atom. The van der Waals surface area contributed by atoms with Gasteiger partial charge < -0.3 is 10.6 Å². The highest BCUT2D eigenvalue weighted by Gasteiger charge is 2.23. The lowest BCUT2D eigenvalue weighted by molar-refractivity contribution is -0.123. The number of aromatic nitrogens is 3. The molecule has 2 aromatic heterocycles. The number of benzene rings is 1. The van der Waals surface area contributed by atoms with Crippen LogP contribution < -0.4 is 10.6 Å². The number of anilines is 2. The van der Waals surface area contributed by atoms with Gasteiger partial charge in [0.1, 0.15) is 5.82 Å². The molecule has 3 rings (SSSR count). The largest absolute Gasteiger partial charge is 0.326 e. The standard InChI is InChI=1S/C24H29N5O2/c1-23(2,3)18-15-20(29(28-18)19-12-7-8-13-25-19)27-21(30)16-10-9-11-17(14-16)26-22(31)24(4,5)6/h7-15H,1-6H3,(H,26,31)(H,27,30). The molecule has 0 saturated heterocycles. The number of carbonyl (C=O) groups is 2. The molecular formula is C24H29N5O2. The molecule has 31 heavy (non-hydrogen) atoms. The van der Waals surface area contributed by atoms with Crippen LogP contribution in [0, 0.1) is 5.41 Å². The number of hydrogen-bond acceptors (Lipinski definition) is 4. The third-order valence-electron chi connectivity index (χ3n) is 4.65. The van der Waals surface area contributed by atoms with Crippen molar-refractivity contribution in [1.29, 1.82) is 0 Å². The Bertz CT molecular complexity index is 1090. The van der Waals surface area contributed by atoms with Crippen molar-refractivity contribution in [2.24, 2.45) is 5.41 Å². The van der Waals surface area contributed by atoms with Crippen LogP contribution in [-0.2, 0) is 10.2 Å². The maximum Gasteiger partial charge on any atom is 0.256 e. The molecular weight excluding hydrogens is 390 g/mol. The van der Waals surface area contributed by atoms with Gasteiger partial charge in [-0.2, -0.15) is 9.78 Å². The second-order valence-corrected chi connectivity index (χ2v) is 9.50. The van der Waals surface area contributed by atoms with Gasteiger partial charge in [0.05, 0.1) is 5.69 Å². The average Bonchev–Trinajstić information content (AvgIpc) is 3.12. The molecule has 2 heterocycles. The molecule has 2 amide bonds. The van der Waals surface area contributed by atoms with Crippen LogP contribution >= 0.6 is 0 Å². The molecule has 0 bridgehead atoms. The molecule has 3 aromatic rings. The molecule has 2 N–H and O–H groups in total. The van der Waals surface area contributed by atoms with E-state index < -0.39 is 5.41 Å². The third kappa shape index (κ3) is 5.36. The molecule has 0 aliphatic heterocycles. The first-order valence-electron chi connectivity index (χ1n) is 10.2. The molecule has 0 unspecified atom stereocenters. The van der Waals surface area contributed by atoms with Crippen LogP contribution in [0.2, 0.25) is 0 Å². The summed E-state index contributed by atoms with van der Waals surface area (Å²) < 4.78 is 1.63. The van der Waals surface area contributed by atoms with Crippen molar-refractivity contribution in [2.45, 2.75) is 47.0 Å². The Hall–Kier alpha value is -3.48. The number of rotatable bonds is 4. The fourth-order valence-corrected chi connectivity index (χ4v) is 2.74. The Labute approximate surface area is 182 Å². The van der Waals surface area contributed by atoms with Crippen LogP contribution in [0.25, 0.3) is 5.82 Å². The Balaban J connectivity index is 1.89. The average molecular weight is 420 g/mol. The van der Waals surface area contributed by atoms with Gasteiger partial charge in [-0.25, -0.2) is 4.98 Å². The first kappa shape index (κ1) is 22.2. The third-order valence-corrected chi connectivity index (χ3v) is 4.65. The van der Waals surface area contributed by atoms with Crippen molar-refractivity contribution in [3.63, 3.8) is 0 Å². The van der Waals surface area contributed by atoms with Crippen molar-refractivity contribution in [1.82, 2.24) is 14.8 Å². The zero-order valence-corrected chi connectivity index (χ0v) is 18.9. The molecule has 162 valence electrons. The summed E-state index contributed by atoms with van der Waals surface area (Å²) in [7, 11) is 0. The van der Waals surface area contributed by atoms with Gasteiger partial charge in [0, 0.05) is 34.3 Å². The topological polar surface area (TPSA) is 88.9 Å². The van der Waals surface area contributed by atoms with E-state index in [1.165, 1.54) is 0 Å². The number of hydrogen-bond donors (Lipinski definition) is 2. The van der Waals surface area contributed by atoms with Gasteiger partial charge in [-0.3, -0.25) is 9.59 Å². The van der Waals surface area contributed by atoms with Crippen LogP contribution in [0.3, 0.4) is 0 Å². The molecule has 0 fully saturated rings. The summed E-state index contributed by atoms with van der Waals surface area (Å²) in [6.07, 6.45) is 1.68. The first-order chi connectivity index (χ1) is 14.4. The van der Waals surface area contributed by atoms with E-state index in [1.807, 2.05) is 45.0 Å². The minimum Gasteiger partial charge on any atom is -0.326 e. The number of carbonyl (C=O) groups excluding carboxylic acids is 2. The number of pyridine rings is 1. The van der Waals surface area contributed by atoms with E-state index in [0.29, 0.717) is 22.9 Å². The molecule has 0 radical (unpaired) electrons. The van der Waals surface area contributed by atoms with Gasteiger partial charge >= 0.3 is 0 Å². The lowest BCUT2D eigenvalue weighted by Crippen LogP contribution is -2.27. The maximum absolute atomic E-state index is 13.0. The highest BCUT2D eigenvalue weighted by atomic mass is 16.2. The molecule has 7 nitrogen and oxygen atoms in total. The highest BCUT2D eigenvalue weighted by molar-refractivity contribution is 6.05. The molecule has 0 spiro atoms. The molecule has 1 aromatic carbocycles. The van der Waals surface area contributed by atoms with E-state index in [4.69, 9.17) is 0 Å². The lowest BCUT2D eigenvalue weighted by Gasteiger charge is -2.18. The monoisotopic (exact) mass is 419 g/mol. The van der Waals surface area contributed by atoms with Crippen LogP contribution in [-0.4, -0.2) is 26.6 Å². The Morgan fingerprint density at radius 2 is 1.65 bits per heavy atom. The van der Waals surface area contributed by atoms with E-state index in [2.05, 4.69) is 41.5 Å². The SMILES string of the molecule is CC(C)(C)C(=O)Nc1cccc(C(=O)Nc2cc(C(C)(C)C)nn2-c2ccccn2)c1. The smallest absolute Gasteiger partial charge is 0.256 e. The van der Waals surface area contributed by atoms with Gasteiger partial charge in [0.25, 0.3) is 5.91 Å². The van der Waals surface area contributed by atoms with Gasteiger partial charge in [-0.05, 0) is 30.3 Å². The van der Waals surface area contributed by atoms with Gasteiger partial charge in [-0.15, -0.1) is 0 Å². The molecule has 0 saturated carbocycles. The Morgan fingerprint density at radius 3 is 2.26 bits per heavy atom. The summed E-state index contributed by atoms with van der Waals surface area (Å²) in [5.74, 6) is 0.717. The summed E-state index contributed by atoms with van der Waals surface area (Å²) in [6, 6.07) is 14.2. The molecule has 0 aliphatic rings. The molecule has 0 atom stereocenters. The van der Waals surface area contributed by atoms with Gasteiger partial charge in [0.2, 0.25) is 5.91 Å². The van der Waals surface area contributed by atoms with Crippen molar-refractivity contribution >= 4 is 23.3 Å². The maximum atomic E-state index is 13.0. The van der Waals surface area contributed by atoms with E-state index in [1.54, 1.807) is 35.1 Å². The predicted octanol–water partition coefficient (Wildman–Crippen LogP) is 4.80. The number of amides is 2. The fourth-order valence-electron chi connectivity index (χ4n) is 2.74. The van der Waals surface area contributed by atoms with Crippen molar-refractivity contribution in [3.05, 3.63) is 66.0 Å². The summed E-state index contributed by atoms with van der Waals surface area (Å²) in [6.45, 7) is 11.7. The zero-order valence-electron chi connectivity index (χ0n) is 18.9. The van der Waals surface area contributed by atoms with Crippen LogP contribution in [0.1, 0.15) is 57.6 Å². The van der Waals surface area contributed by atoms with E-state index >= 15 is 0 Å². The summed E-state index contributed by atoms with van der Waals surface area (Å²) in [5.41, 5.74) is 1.10. The van der Waals surface area contributed by atoms with Gasteiger partial charge in [-0.1, -0.05) is 53.7 Å². The molecule has 7 heteroatoms. The lowest BCUT2D eigenvalue weighted by atomic mass is 9.92. The normalized spacial score (nSPS) is 11.8. The van der Waals surface area contributed by atoms with Crippen molar-refractivity contribution in [2.75, 3.05) is 10.6 Å². The van der Waals surface area contributed by atoms with Crippen molar-refractivity contribution in [3.8, 4) is 5.82 Å². The minimum absolute atomic E-state index is 0.117. The summed E-state index contributed by atoms with van der Waals surface area (Å²) in [4.78, 5) is 29.6. The first-order valence-corrected chi connectivity index (χ1v) is 10.2. The Kier molecular flexibility index (Phi) is 5.97. The quantitative estimate of drug-likeness (QED) is 0.636. The van der Waals surface area contributed by atoms with E-state index in [0.717, 1.165) is 5.69 Å². The zero-order chi connectivity index (χ0) is 22.8. The van der Waals surface area contributed by atoms with Crippen LogP contribution in [0.5, 0.6) is 0 Å². The second-order valence-electron chi connectivity index (χ2n) is 9.50. The summed E-state index contributed by atoms with van der Waals surface area (Å²) >= 11 is 0. The predicted molar refractivity (Wildman–Crippen MR) is 123 cm³/mol. The van der Waals surface area contributed by atoms with Crippen LogP contribution in [0.15, 0.2) is 54.7 Å². The highest BCUT2D eigenvalue weighted by Crippen LogP contribution is 2.26. The van der Waals surface area contributed by atoms with E-state index in [-0.39, 0.29) is 17.2 Å². The van der Waals surface area contributed by atoms with Crippen molar-refractivity contribution < 1.29 is 9.59 Å². The fraction of sp³-hybridized carbons (Fsp3) is 0.333. The van der Waals surface area contributed by atoms with Crippen LogP contribution in [0.4, 0.5) is 11.5 Å². The molecule has 0 aliphatic carbocycles. The minimum atomic E-state index is -0.531. The number of nitrogens with zero attached hydrogens (tertiary/aromatic N) is 3.